The average Bonchev–Trinajstić information content (AvgIpc) is 2.75. The minimum Gasteiger partial charge on any atom is -0.493 e. The number of halogens is 2. The second-order valence-corrected chi connectivity index (χ2v) is 7.60. The summed E-state index contributed by atoms with van der Waals surface area (Å²) in [6.07, 6.45) is 0. The van der Waals surface area contributed by atoms with E-state index in [1.165, 1.54) is 0 Å². The molecule has 2 aromatic carbocycles. The highest BCUT2D eigenvalue weighted by molar-refractivity contribution is 6.31. The third-order valence-corrected chi connectivity index (χ3v) is 5.27. The summed E-state index contributed by atoms with van der Waals surface area (Å²) < 4.78 is 11.1. The van der Waals surface area contributed by atoms with E-state index in [4.69, 9.17) is 32.7 Å². The topological polar surface area (TPSA) is 59.1 Å². The maximum absolute atomic E-state index is 13.0. The van der Waals surface area contributed by atoms with Gasteiger partial charge < -0.3 is 19.3 Å². The SMILES string of the molecule is CCOc1ccc(Cl)cc1C(=O)N1CCN(C(=O)c2cc(Cl)ccc2OCC)CC1. The summed E-state index contributed by atoms with van der Waals surface area (Å²) in [5.41, 5.74) is 0.857. The number of amides is 2. The number of hydrogen-bond donors (Lipinski definition) is 0. The monoisotopic (exact) mass is 450 g/mol. The van der Waals surface area contributed by atoms with Crippen molar-refractivity contribution >= 4 is 35.0 Å². The Balaban J connectivity index is 1.71. The number of carbonyl (C=O) groups excluding carboxylic acids is 2. The lowest BCUT2D eigenvalue weighted by atomic mass is 10.1. The van der Waals surface area contributed by atoms with E-state index in [1.807, 2.05) is 13.8 Å². The van der Waals surface area contributed by atoms with Crippen molar-refractivity contribution in [2.24, 2.45) is 0 Å². The molecular formula is C22H24Cl2N2O4. The molecule has 2 aromatic rings. The first-order valence-corrected chi connectivity index (χ1v) is 10.6. The first kappa shape index (κ1) is 22.2. The number of ether oxygens (including phenoxy) is 2. The van der Waals surface area contributed by atoms with E-state index < -0.39 is 0 Å². The molecule has 0 atom stereocenters. The van der Waals surface area contributed by atoms with E-state index in [9.17, 15) is 9.59 Å². The predicted molar refractivity (Wildman–Crippen MR) is 117 cm³/mol. The molecule has 0 saturated carbocycles. The molecule has 1 aliphatic heterocycles. The lowest BCUT2D eigenvalue weighted by Gasteiger charge is -2.35. The zero-order valence-corrected chi connectivity index (χ0v) is 18.5. The van der Waals surface area contributed by atoms with Crippen LogP contribution in [-0.2, 0) is 0 Å². The van der Waals surface area contributed by atoms with Gasteiger partial charge >= 0.3 is 0 Å². The largest absolute Gasteiger partial charge is 0.493 e. The standard InChI is InChI=1S/C22H24Cl2N2O4/c1-3-29-19-7-5-15(23)13-17(19)21(27)25-9-11-26(12-10-25)22(28)18-14-16(24)6-8-20(18)30-4-2/h5-8,13-14H,3-4,9-12H2,1-2H3. The molecule has 160 valence electrons. The number of rotatable bonds is 6. The number of carbonyl (C=O) groups is 2. The van der Waals surface area contributed by atoms with Crippen LogP contribution in [0.25, 0.3) is 0 Å². The van der Waals surface area contributed by atoms with Gasteiger partial charge in [-0.1, -0.05) is 23.2 Å². The van der Waals surface area contributed by atoms with Gasteiger partial charge in [0.05, 0.1) is 24.3 Å². The predicted octanol–water partition coefficient (Wildman–Crippen LogP) is 4.39. The first-order valence-electron chi connectivity index (χ1n) is 9.87. The molecule has 2 amide bonds. The van der Waals surface area contributed by atoms with Crippen molar-refractivity contribution < 1.29 is 19.1 Å². The molecule has 8 heteroatoms. The van der Waals surface area contributed by atoms with Crippen LogP contribution in [0.4, 0.5) is 0 Å². The lowest BCUT2D eigenvalue weighted by molar-refractivity contribution is 0.0531. The van der Waals surface area contributed by atoms with Crippen molar-refractivity contribution in [2.75, 3.05) is 39.4 Å². The fourth-order valence-electron chi connectivity index (χ4n) is 3.35. The smallest absolute Gasteiger partial charge is 0.257 e. The Kier molecular flexibility index (Phi) is 7.45. The minimum atomic E-state index is -0.161. The fraction of sp³-hybridized carbons (Fsp3) is 0.364. The highest BCUT2D eigenvalue weighted by Gasteiger charge is 2.28. The molecule has 1 heterocycles. The van der Waals surface area contributed by atoms with Gasteiger partial charge in [0, 0.05) is 36.2 Å². The number of hydrogen-bond acceptors (Lipinski definition) is 4. The van der Waals surface area contributed by atoms with Crippen molar-refractivity contribution in [1.82, 2.24) is 9.80 Å². The molecule has 0 bridgehead atoms. The van der Waals surface area contributed by atoms with Crippen molar-refractivity contribution in [3.8, 4) is 11.5 Å². The second kappa shape index (κ2) is 10.0. The number of piperazine rings is 1. The molecule has 0 radical (unpaired) electrons. The summed E-state index contributed by atoms with van der Waals surface area (Å²) in [5, 5.41) is 0.944. The van der Waals surface area contributed by atoms with Crippen LogP contribution >= 0.6 is 23.2 Å². The summed E-state index contributed by atoms with van der Waals surface area (Å²) >= 11 is 12.2. The van der Waals surface area contributed by atoms with Gasteiger partial charge in [-0.3, -0.25) is 9.59 Å². The molecule has 1 saturated heterocycles. The minimum absolute atomic E-state index is 0.161. The van der Waals surface area contributed by atoms with Crippen LogP contribution in [0.1, 0.15) is 34.6 Å². The van der Waals surface area contributed by atoms with Crippen LogP contribution in [0.5, 0.6) is 11.5 Å². The highest BCUT2D eigenvalue weighted by atomic mass is 35.5. The molecule has 3 rings (SSSR count). The van der Waals surface area contributed by atoms with Gasteiger partial charge in [-0.05, 0) is 50.2 Å². The zero-order valence-electron chi connectivity index (χ0n) is 17.0. The van der Waals surface area contributed by atoms with Gasteiger partial charge in [0.1, 0.15) is 11.5 Å². The second-order valence-electron chi connectivity index (χ2n) is 6.73. The Hall–Kier alpha value is -2.44. The van der Waals surface area contributed by atoms with Crippen molar-refractivity contribution in [2.45, 2.75) is 13.8 Å². The molecule has 0 aromatic heterocycles. The van der Waals surface area contributed by atoms with Crippen LogP contribution in [0.15, 0.2) is 36.4 Å². The Morgan fingerprint density at radius 1 is 0.767 bits per heavy atom. The molecule has 1 aliphatic rings. The summed E-state index contributed by atoms with van der Waals surface area (Å²) in [4.78, 5) is 29.5. The van der Waals surface area contributed by atoms with Crippen LogP contribution in [-0.4, -0.2) is 61.0 Å². The Morgan fingerprint density at radius 3 is 1.47 bits per heavy atom. The van der Waals surface area contributed by atoms with Gasteiger partial charge in [0.25, 0.3) is 11.8 Å². The maximum Gasteiger partial charge on any atom is 0.257 e. The van der Waals surface area contributed by atoms with Crippen molar-refractivity contribution in [3.05, 3.63) is 57.6 Å². The van der Waals surface area contributed by atoms with Crippen LogP contribution in [0.2, 0.25) is 10.0 Å². The maximum atomic E-state index is 13.0. The molecule has 30 heavy (non-hydrogen) atoms. The lowest BCUT2D eigenvalue weighted by Crippen LogP contribution is -2.50. The summed E-state index contributed by atoms with van der Waals surface area (Å²) in [5.74, 6) is 0.688. The van der Waals surface area contributed by atoms with Gasteiger partial charge in [-0.25, -0.2) is 0 Å². The Labute approximate surface area is 186 Å². The van der Waals surface area contributed by atoms with E-state index in [-0.39, 0.29) is 11.8 Å². The molecule has 1 fully saturated rings. The summed E-state index contributed by atoms with van der Waals surface area (Å²) in [6, 6.07) is 10.0. The van der Waals surface area contributed by atoms with E-state index in [1.54, 1.807) is 46.2 Å². The molecule has 0 spiro atoms. The normalized spacial score (nSPS) is 13.9. The number of benzene rings is 2. The molecule has 6 nitrogen and oxygen atoms in total. The summed E-state index contributed by atoms with van der Waals surface area (Å²) in [7, 11) is 0. The van der Waals surface area contributed by atoms with Crippen LogP contribution in [0.3, 0.4) is 0 Å². The van der Waals surface area contributed by atoms with E-state index in [0.717, 1.165) is 0 Å². The first-order chi connectivity index (χ1) is 14.4. The molecule has 0 aliphatic carbocycles. The average molecular weight is 451 g/mol. The van der Waals surface area contributed by atoms with E-state index >= 15 is 0 Å². The van der Waals surface area contributed by atoms with Gasteiger partial charge in [-0.2, -0.15) is 0 Å². The third-order valence-electron chi connectivity index (χ3n) is 4.80. The van der Waals surface area contributed by atoms with Gasteiger partial charge in [0.2, 0.25) is 0 Å². The molecule has 0 unspecified atom stereocenters. The fourth-order valence-corrected chi connectivity index (χ4v) is 3.70. The van der Waals surface area contributed by atoms with Gasteiger partial charge in [-0.15, -0.1) is 0 Å². The Bertz CT molecular complexity index is 852. The third kappa shape index (κ3) is 4.99. The highest BCUT2D eigenvalue weighted by Crippen LogP contribution is 2.27. The van der Waals surface area contributed by atoms with Crippen LogP contribution in [0, 0.1) is 0 Å². The van der Waals surface area contributed by atoms with E-state index in [0.29, 0.717) is 72.1 Å². The van der Waals surface area contributed by atoms with Crippen molar-refractivity contribution in [3.63, 3.8) is 0 Å². The molecule has 0 N–H and O–H groups in total. The quantitative estimate of drug-likeness (QED) is 0.654. The Morgan fingerprint density at radius 2 is 1.13 bits per heavy atom. The number of nitrogens with zero attached hydrogens (tertiary/aromatic N) is 2. The van der Waals surface area contributed by atoms with E-state index in [2.05, 4.69) is 0 Å². The van der Waals surface area contributed by atoms with Gasteiger partial charge in [0.15, 0.2) is 0 Å². The zero-order chi connectivity index (χ0) is 21.7. The van der Waals surface area contributed by atoms with Crippen molar-refractivity contribution in [1.29, 1.82) is 0 Å². The summed E-state index contributed by atoms with van der Waals surface area (Å²) in [6.45, 7) is 6.26. The molecular weight excluding hydrogens is 427 g/mol. The van der Waals surface area contributed by atoms with Crippen LogP contribution < -0.4 is 9.47 Å².